The molecule has 2 aliphatic rings. The zero-order valence-electron chi connectivity index (χ0n) is 15.6. The molecular weight excluding hydrogens is 414 g/mol. The molecule has 1 aliphatic heterocycles. The number of thiophene rings is 1. The number of halogens is 1. The van der Waals surface area contributed by atoms with Crippen LogP contribution in [0.3, 0.4) is 0 Å². The Morgan fingerprint density at radius 3 is 2.73 bits per heavy atom. The largest absolute Gasteiger partial charge is 0.465 e. The van der Waals surface area contributed by atoms with Gasteiger partial charge in [-0.05, 0) is 47.7 Å². The molecule has 2 atom stereocenters. The SMILES string of the molecule is C=C1NC2=C(C(=O)CC(C)(C)C2)C(c2cc(Br)c(C)s2)C1C(=O)OCC. The van der Waals surface area contributed by atoms with E-state index in [1.807, 2.05) is 13.0 Å². The van der Waals surface area contributed by atoms with E-state index >= 15 is 0 Å². The molecule has 1 aromatic heterocycles. The predicted molar refractivity (Wildman–Crippen MR) is 107 cm³/mol. The number of carbonyl (C=O) groups excluding carboxylic acids is 2. The van der Waals surface area contributed by atoms with Crippen LogP contribution in [0.25, 0.3) is 0 Å². The number of hydrogen-bond donors (Lipinski definition) is 1. The van der Waals surface area contributed by atoms with Crippen LogP contribution >= 0.6 is 27.3 Å². The third-order valence-corrected chi connectivity index (χ3v) is 7.19. The van der Waals surface area contributed by atoms with Gasteiger partial charge in [0.15, 0.2) is 5.78 Å². The van der Waals surface area contributed by atoms with Crippen molar-refractivity contribution in [3.8, 4) is 0 Å². The van der Waals surface area contributed by atoms with Crippen molar-refractivity contribution in [3.05, 3.63) is 43.8 Å². The minimum atomic E-state index is -0.594. The Bertz CT molecular complexity index is 802. The third kappa shape index (κ3) is 3.41. The molecule has 3 rings (SSSR count). The van der Waals surface area contributed by atoms with Gasteiger partial charge in [0, 0.05) is 43.5 Å². The monoisotopic (exact) mass is 437 g/mol. The van der Waals surface area contributed by atoms with Crippen molar-refractivity contribution in [1.29, 1.82) is 0 Å². The van der Waals surface area contributed by atoms with Gasteiger partial charge >= 0.3 is 5.97 Å². The maximum Gasteiger partial charge on any atom is 0.315 e. The summed E-state index contributed by atoms with van der Waals surface area (Å²) in [5, 5.41) is 3.27. The lowest BCUT2D eigenvalue weighted by atomic mass is 9.68. The van der Waals surface area contributed by atoms with Crippen LogP contribution in [0.5, 0.6) is 0 Å². The number of aryl methyl sites for hydroxylation is 1. The summed E-state index contributed by atoms with van der Waals surface area (Å²) >= 11 is 5.17. The summed E-state index contributed by atoms with van der Waals surface area (Å²) in [7, 11) is 0. The fourth-order valence-electron chi connectivity index (χ4n) is 3.90. The highest BCUT2D eigenvalue weighted by atomic mass is 79.9. The zero-order valence-corrected chi connectivity index (χ0v) is 18.0. The summed E-state index contributed by atoms with van der Waals surface area (Å²) in [6.07, 6.45) is 1.25. The lowest BCUT2D eigenvalue weighted by molar-refractivity contribution is -0.147. The first-order valence-corrected chi connectivity index (χ1v) is 10.4. The summed E-state index contributed by atoms with van der Waals surface area (Å²) in [5.74, 6) is -1.15. The summed E-state index contributed by atoms with van der Waals surface area (Å²) in [4.78, 5) is 27.9. The van der Waals surface area contributed by atoms with Crippen molar-refractivity contribution in [2.24, 2.45) is 11.3 Å². The highest BCUT2D eigenvalue weighted by Crippen LogP contribution is 2.50. The molecule has 0 radical (unpaired) electrons. The van der Waals surface area contributed by atoms with Gasteiger partial charge in [-0.2, -0.15) is 0 Å². The quantitative estimate of drug-likeness (QED) is 0.687. The number of ether oxygens (including phenoxy) is 1. The van der Waals surface area contributed by atoms with Gasteiger partial charge in [0.05, 0.1) is 6.61 Å². The number of esters is 1. The fourth-order valence-corrected chi connectivity index (χ4v) is 5.61. The van der Waals surface area contributed by atoms with Crippen LogP contribution in [-0.2, 0) is 14.3 Å². The topological polar surface area (TPSA) is 55.4 Å². The van der Waals surface area contributed by atoms with Gasteiger partial charge in [0.1, 0.15) is 5.92 Å². The average Bonchev–Trinajstić information content (AvgIpc) is 2.83. The molecule has 0 fully saturated rings. The summed E-state index contributed by atoms with van der Waals surface area (Å²) in [5.41, 5.74) is 2.14. The van der Waals surface area contributed by atoms with Crippen LogP contribution in [-0.4, -0.2) is 18.4 Å². The smallest absolute Gasteiger partial charge is 0.315 e. The molecule has 4 nitrogen and oxygen atoms in total. The van der Waals surface area contributed by atoms with Gasteiger partial charge in [-0.1, -0.05) is 20.4 Å². The van der Waals surface area contributed by atoms with Gasteiger partial charge in [-0.25, -0.2) is 0 Å². The molecule has 6 heteroatoms. The van der Waals surface area contributed by atoms with Gasteiger partial charge in [-0.15, -0.1) is 11.3 Å². The molecule has 0 bridgehead atoms. The Morgan fingerprint density at radius 1 is 1.46 bits per heavy atom. The molecule has 1 aromatic rings. The minimum absolute atomic E-state index is 0.101. The van der Waals surface area contributed by atoms with Crippen molar-refractivity contribution in [2.45, 2.75) is 46.5 Å². The summed E-state index contributed by atoms with van der Waals surface area (Å²) in [6, 6.07) is 2.02. The van der Waals surface area contributed by atoms with Crippen molar-refractivity contribution in [3.63, 3.8) is 0 Å². The number of hydrogen-bond acceptors (Lipinski definition) is 5. The highest BCUT2D eigenvalue weighted by molar-refractivity contribution is 9.10. The molecule has 1 N–H and O–H groups in total. The van der Waals surface area contributed by atoms with Gasteiger partial charge in [0.25, 0.3) is 0 Å². The molecule has 0 saturated heterocycles. The van der Waals surface area contributed by atoms with E-state index in [1.54, 1.807) is 18.3 Å². The van der Waals surface area contributed by atoms with E-state index in [-0.39, 0.29) is 23.1 Å². The van der Waals surface area contributed by atoms with E-state index in [0.717, 1.165) is 31.9 Å². The molecule has 140 valence electrons. The highest BCUT2D eigenvalue weighted by Gasteiger charge is 2.47. The Balaban J connectivity index is 2.17. The third-order valence-electron chi connectivity index (χ3n) is 4.97. The molecule has 0 spiro atoms. The first kappa shape index (κ1) is 19.4. The molecule has 0 amide bonds. The number of nitrogens with one attached hydrogen (secondary N) is 1. The van der Waals surface area contributed by atoms with E-state index in [9.17, 15) is 9.59 Å². The number of allylic oxidation sites excluding steroid dienone is 2. The summed E-state index contributed by atoms with van der Waals surface area (Å²) < 4.78 is 6.31. The van der Waals surface area contributed by atoms with Crippen LogP contribution < -0.4 is 5.32 Å². The van der Waals surface area contributed by atoms with Gasteiger partial charge in [-0.3, -0.25) is 9.59 Å². The first-order valence-electron chi connectivity index (χ1n) is 8.79. The molecule has 1 aliphatic carbocycles. The van der Waals surface area contributed by atoms with E-state index in [4.69, 9.17) is 4.74 Å². The van der Waals surface area contributed by atoms with E-state index < -0.39 is 5.92 Å². The van der Waals surface area contributed by atoms with Crippen molar-refractivity contribution in [1.82, 2.24) is 5.32 Å². The number of rotatable bonds is 3. The molecule has 2 unspecified atom stereocenters. The Morgan fingerprint density at radius 2 is 2.15 bits per heavy atom. The first-order chi connectivity index (χ1) is 12.1. The van der Waals surface area contributed by atoms with Crippen LogP contribution in [0, 0.1) is 18.3 Å². The molecule has 0 saturated carbocycles. The van der Waals surface area contributed by atoms with Crippen LogP contribution in [0.1, 0.15) is 49.3 Å². The normalized spacial score (nSPS) is 25.0. The molecule has 26 heavy (non-hydrogen) atoms. The Kier molecular flexibility index (Phi) is 5.19. The lowest BCUT2D eigenvalue weighted by Gasteiger charge is -2.41. The van der Waals surface area contributed by atoms with E-state index in [2.05, 4.69) is 41.7 Å². The number of Topliss-reactive ketones (excluding diaryl/α,β-unsaturated/α-hetero) is 1. The Labute approximate surface area is 166 Å². The second-order valence-electron chi connectivity index (χ2n) is 7.74. The zero-order chi connectivity index (χ0) is 19.2. The average molecular weight is 438 g/mol. The lowest BCUT2D eigenvalue weighted by Crippen LogP contribution is -2.43. The number of ketones is 1. The van der Waals surface area contributed by atoms with Crippen molar-refractivity contribution < 1.29 is 14.3 Å². The van der Waals surface area contributed by atoms with Gasteiger partial charge < -0.3 is 10.1 Å². The predicted octanol–water partition coefficient (Wildman–Crippen LogP) is 4.84. The van der Waals surface area contributed by atoms with Crippen LogP contribution in [0.15, 0.2) is 34.1 Å². The summed E-state index contributed by atoms with van der Waals surface area (Å²) in [6.45, 7) is 12.4. The minimum Gasteiger partial charge on any atom is -0.465 e. The van der Waals surface area contributed by atoms with E-state index in [1.165, 1.54) is 0 Å². The number of carbonyl (C=O) groups is 2. The standard InChI is InChI=1S/C20H24BrNO3S/c1-6-25-19(24)16-10(2)22-13-8-20(4,5)9-14(23)17(13)18(16)15-7-12(21)11(3)26-15/h7,16,18,22H,2,6,8-9H2,1,3-5H3. The molecule has 0 aromatic carbocycles. The van der Waals surface area contributed by atoms with Crippen LogP contribution in [0.4, 0.5) is 0 Å². The van der Waals surface area contributed by atoms with Crippen molar-refractivity contribution >= 4 is 39.0 Å². The fraction of sp³-hybridized carbons (Fsp3) is 0.500. The molecule has 2 heterocycles. The molecular formula is C20H24BrNO3S. The second kappa shape index (κ2) is 6.97. The Hall–Kier alpha value is -1.40. The van der Waals surface area contributed by atoms with Crippen molar-refractivity contribution in [2.75, 3.05) is 6.61 Å². The maximum atomic E-state index is 13.1. The van der Waals surface area contributed by atoms with E-state index in [0.29, 0.717) is 18.7 Å². The maximum absolute atomic E-state index is 13.1. The van der Waals surface area contributed by atoms with Crippen LogP contribution in [0.2, 0.25) is 0 Å². The van der Waals surface area contributed by atoms with Gasteiger partial charge in [0.2, 0.25) is 0 Å². The second-order valence-corrected chi connectivity index (χ2v) is 9.89.